The number of nitrogens with zero attached hydrogens (tertiary/aromatic N) is 2. The second-order valence-electron chi connectivity index (χ2n) is 7.92. The standard InChI is InChI=1S/C23H25FN2O3S/c1-3-25-15-22(30(28,29)17-7-5-4-6-8-17)23(27)18-13-19(24)21(14-20(18)25)26-11-9-16(2)10-12-26/h4-8,13-16H,3,9-12H2,1-2H3. The molecule has 4 rings (SSSR count). The first kappa shape index (κ1) is 20.6. The first-order valence-electron chi connectivity index (χ1n) is 10.2. The molecule has 1 fully saturated rings. The summed E-state index contributed by atoms with van der Waals surface area (Å²) >= 11 is 0. The lowest BCUT2D eigenvalue weighted by Gasteiger charge is -2.32. The maximum Gasteiger partial charge on any atom is 0.211 e. The summed E-state index contributed by atoms with van der Waals surface area (Å²) < 4.78 is 42.9. The van der Waals surface area contributed by atoms with E-state index in [1.165, 1.54) is 24.4 Å². The number of anilines is 1. The monoisotopic (exact) mass is 428 g/mol. The third kappa shape index (κ3) is 3.51. The largest absolute Gasteiger partial charge is 0.369 e. The van der Waals surface area contributed by atoms with Gasteiger partial charge in [0.15, 0.2) is 0 Å². The maximum absolute atomic E-state index is 15.0. The lowest BCUT2D eigenvalue weighted by Crippen LogP contribution is -2.33. The van der Waals surface area contributed by atoms with Gasteiger partial charge < -0.3 is 9.47 Å². The summed E-state index contributed by atoms with van der Waals surface area (Å²) in [7, 11) is -4.01. The highest BCUT2D eigenvalue weighted by Gasteiger charge is 2.25. The zero-order valence-corrected chi connectivity index (χ0v) is 18.0. The van der Waals surface area contributed by atoms with Crippen molar-refractivity contribution >= 4 is 26.4 Å². The van der Waals surface area contributed by atoms with Gasteiger partial charge in [-0.2, -0.15) is 0 Å². The van der Waals surface area contributed by atoms with Gasteiger partial charge in [-0.05, 0) is 49.9 Å². The highest BCUT2D eigenvalue weighted by molar-refractivity contribution is 7.91. The minimum atomic E-state index is -4.01. The minimum absolute atomic E-state index is 0.0450. The van der Waals surface area contributed by atoms with Gasteiger partial charge in [0.25, 0.3) is 0 Å². The second-order valence-corrected chi connectivity index (χ2v) is 9.83. The molecule has 1 aromatic heterocycles. The fourth-order valence-electron chi connectivity index (χ4n) is 4.04. The predicted octanol–water partition coefficient (Wildman–Crippen LogP) is 4.23. The number of aryl methyl sites for hydroxylation is 1. The Kier molecular flexibility index (Phi) is 5.40. The van der Waals surface area contributed by atoms with E-state index in [0.29, 0.717) is 23.7 Å². The van der Waals surface area contributed by atoms with Crippen molar-refractivity contribution in [3.63, 3.8) is 0 Å². The highest BCUT2D eigenvalue weighted by atomic mass is 32.2. The zero-order chi connectivity index (χ0) is 21.5. The van der Waals surface area contributed by atoms with Crippen LogP contribution in [-0.4, -0.2) is 26.1 Å². The minimum Gasteiger partial charge on any atom is -0.369 e. The fraction of sp³-hybridized carbons (Fsp3) is 0.348. The quantitative estimate of drug-likeness (QED) is 0.624. The Morgan fingerprint density at radius 3 is 2.40 bits per heavy atom. The van der Waals surface area contributed by atoms with E-state index in [2.05, 4.69) is 6.92 Å². The van der Waals surface area contributed by atoms with Crippen LogP contribution in [0.5, 0.6) is 0 Å². The Bertz CT molecular complexity index is 1240. The molecule has 0 spiro atoms. The summed E-state index contributed by atoms with van der Waals surface area (Å²) in [5.74, 6) is 0.121. The van der Waals surface area contributed by atoms with E-state index in [1.54, 1.807) is 28.8 Å². The van der Waals surface area contributed by atoms with Gasteiger partial charge in [-0.25, -0.2) is 12.8 Å². The maximum atomic E-state index is 15.0. The third-order valence-corrected chi connectivity index (χ3v) is 7.69. The molecule has 0 saturated carbocycles. The molecule has 0 amide bonds. The number of sulfone groups is 1. The van der Waals surface area contributed by atoms with Crippen molar-refractivity contribution < 1.29 is 12.8 Å². The lowest BCUT2D eigenvalue weighted by molar-refractivity contribution is 0.434. The van der Waals surface area contributed by atoms with E-state index >= 15 is 4.39 Å². The molecule has 30 heavy (non-hydrogen) atoms. The first-order valence-corrected chi connectivity index (χ1v) is 11.7. The summed E-state index contributed by atoms with van der Waals surface area (Å²) in [5.41, 5.74) is 0.343. The number of halogens is 1. The number of piperidine rings is 1. The summed E-state index contributed by atoms with van der Waals surface area (Å²) in [4.78, 5) is 14.8. The molecular weight excluding hydrogens is 403 g/mol. The van der Waals surface area contributed by atoms with Crippen LogP contribution in [-0.2, 0) is 16.4 Å². The van der Waals surface area contributed by atoms with E-state index in [0.717, 1.165) is 25.9 Å². The molecule has 0 radical (unpaired) electrons. The number of pyridine rings is 1. The van der Waals surface area contributed by atoms with Crippen molar-refractivity contribution in [1.29, 1.82) is 0 Å². The van der Waals surface area contributed by atoms with Gasteiger partial charge in [0, 0.05) is 25.8 Å². The molecule has 0 unspecified atom stereocenters. The Morgan fingerprint density at radius 1 is 1.10 bits per heavy atom. The van der Waals surface area contributed by atoms with Gasteiger partial charge in [-0.3, -0.25) is 4.79 Å². The number of aromatic nitrogens is 1. The molecule has 0 bridgehead atoms. The van der Waals surface area contributed by atoms with Gasteiger partial charge in [0.1, 0.15) is 10.7 Å². The van der Waals surface area contributed by atoms with Gasteiger partial charge in [-0.1, -0.05) is 25.1 Å². The average Bonchev–Trinajstić information content (AvgIpc) is 2.75. The molecule has 0 atom stereocenters. The Labute approximate surface area is 175 Å². The van der Waals surface area contributed by atoms with Crippen molar-refractivity contribution in [2.24, 2.45) is 5.92 Å². The molecule has 1 aliphatic rings. The van der Waals surface area contributed by atoms with Crippen molar-refractivity contribution in [3.05, 3.63) is 64.7 Å². The molecule has 3 aromatic rings. The second kappa shape index (κ2) is 7.87. The molecule has 0 N–H and O–H groups in total. The summed E-state index contributed by atoms with van der Waals surface area (Å²) in [6, 6.07) is 10.7. The average molecular weight is 429 g/mol. The van der Waals surface area contributed by atoms with E-state index in [-0.39, 0.29) is 15.2 Å². The Balaban J connectivity index is 1.90. The van der Waals surface area contributed by atoms with Crippen LogP contribution in [0.2, 0.25) is 0 Å². The molecule has 1 aliphatic heterocycles. The molecule has 7 heteroatoms. The van der Waals surface area contributed by atoms with Crippen LogP contribution in [0, 0.1) is 11.7 Å². The Hall–Kier alpha value is -2.67. The van der Waals surface area contributed by atoms with E-state index < -0.39 is 21.1 Å². The Morgan fingerprint density at radius 2 is 1.77 bits per heavy atom. The van der Waals surface area contributed by atoms with Crippen molar-refractivity contribution in [1.82, 2.24) is 4.57 Å². The van der Waals surface area contributed by atoms with Crippen LogP contribution in [0.1, 0.15) is 26.7 Å². The van der Waals surface area contributed by atoms with Crippen LogP contribution >= 0.6 is 0 Å². The van der Waals surface area contributed by atoms with E-state index in [4.69, 9.17) is 0 Å². The molecule has 1 saturated heterocycles. The van der Waals surface area contributed by atoms with Gasteiger partial charge in [0.2, 0.25) is 15.3 Å². The summed E-state index contributed by atoms with van der Waals surface area (Å²) in [5, 5.41) is 0.0838. The van der Waals surface area contributed by atoms with Crippen LogP contribution in [0.4, 0.5) is 10.1 Å². The third-order valence-electron chi connectivity index (χ3n) is 5.92. The molecular formula is C23H25FN2O3S. The molecule has 5 nitrogen and oxygen atoms in total. The van der Waals surface area contributed by atoms with Gasteiger partial charge in [0.05, 0.1) is 21.5 Å². The molecule has 2 heterocycles. The molecule has 0 aliphatic carbocycles. The predicted molar refractivity (Wildman–Crippen MR) is 116 cm³/mol. The first-order chi connectivity index (χ1) is 14.3. The van der Waals surface area contributed by atoms with E-state index in [1.807, 2.05) is 11.8 Å². The number of benzene rings is 2. The number of hydrogen-bond donors (Lipinski definition) is 0. The van der Waals surface area contributed by atoms with Gasteiger partial charge >= 0.3 is 0 Å². The number of hydrogen-bond acceptors (Lipinski definition) is 4. The molecule has 2 aromatic carbocycles. The topological polar surface area (TPSA) is 59.4 Å². The van der Waals surface area contributed by atoms with Crippen LogP contribution < -0.4 is 10.3 Å². The van der Waals surface area contributed by atoms with Crippen molar-refractivity contribution in [3.8, 4) is 0 Å². The van der Waals surface area contributed by atoms with Crippen LogP contribution in [0.15, 0.2) is 63.2 Å². The number of rotatable bonds is 4. The lowest BCUT2D eigenvalue weighted by atomic mass is 9.98. The summed E-state index contributed by atoms with van der Waals surface area (Å²) in [6.07, 6.45) is 3.37. The van der Waals surface area contributed by atoms with E-state index in [9.17, 15) is 13.2 Å². The molecule has 158 valence electrons. The summed E-state index contributed by atoms with van der Waals surface area (Å²) in [6.45, 7) is 6.04. The normalized spacial score (nSPS) is 15.6. The van der Waals surface area contributed by atoms with Crippen LogP contribution in [0.3, 0.4) is 0 Å². The fourth-order valence-corrected chi connectivity index (χ4v) is 5.43. The highest BCUT2D eigenvalue weighted by Crippen LogP contribution is 2.30. The zero-order valence-electron chi connectivity index (χ0n) is 17.1. The number of fused-ring (bicyclic) bond motifs is 1. The van der Waals surface area contributed by atoms with Crippen molar-refractivity contribution in [2.75, 3.05) is 18.0 Å². The smallest absolute Gasteiger partial charge is 0.211 e. The SMILES string of the molecule is CCn1cc(S(=O)(=O)c2ccccc2)c(=O)c2cc(F)c(N3CCC(C)CC3)cc21. The van der Waals surface area contributed by atoms with Gasteiger partial charge in [-0.15, -0.1) is 0 Å². The van der Waals surface area contributed by atoms with Crippen LogP contribution in [0.25, 0.3) is 10.9 Å². The van der Waals surface area contributed by atoms with Crippen molar-refractivity contribution in [2.45, 2.75) is 43.0 Å².